The Morgan fingerprint density at radius 3 is 2.56 bits per heavy atom. The zero-order chi connectivity index (χ0) is 13.0. The Bertz CT molecular complexity index is 528. The van der Waals surface area contributed by atoms with Gasteiger partial charge in [-0.05, 0) is 18.2 Å². The second-order valence-electron chi connectivity index (χ2n) is 3.49. The molecular weight excluding hydrogens is 273 g/mol. The van der Waals surface area contributed by atoms with Crippen LogP contribution in [0.15, 0.2) is 36.5 Å². The molecule has 0 bridgehead atoms. The van der Waals surface area contributed by atoms with Gasteiger partial charge in [-0.2, -0.15) is 0 Å². The fraction of sp³-hybridized carbons (Fsp3) is 0.0833. The zero-order valence-corrected chi connectivity index (χ0v) is 10.9. The van der Waals surface area contributed by atoms with E-state index in [0.29, 0.717) is 21.6 Å². The number of halogens is 2. The maximum atomic E-state index is 6.00. The predicted molar refractivity (Wildman–Crippen MR) is 72.8 cm³/mol. The van der Waals surface area contributed by atoms with E-state index >= 15 is 0 Å². The van der Waals surface area contributed by atoms with Gasteiger partial charge in [0, 0.05) is 11.8 Å². The number of pyridine rings is 1. The molecule has 18 heavy (non-hydrogen) atoms. The number of hydrazine groups is 1. The van der Waals surface area contributed by atoms with Gasteiger partial charge in [0.1, 0.15) is 12.4 Å². The molecule has 0 aliphatic carbocycles. The van der Waals surface area contributed by atoms with E-state index in [1.54, 1.807) is 30.5 Å². The molecule has 4 nitrogen and oxygen atoms in total. The Balaban J connectivity index is 2.16. The number of nitrogens with zero attached hydrogens (tertiary/aromatic N) is 1. The van der Waals surface area contributed by atoms with Crippen LogP contribution in [-0.4, -0.2) is 4.98 Å². The van der Waals surface area contributed by atoms with Crippen molar-refractivity contribution in [2.75, 3.05) is 5.43 Å². The standard InChI is InChI=1S/C12H11Cl2N3O/c13-9-4-1-5-10(14)11(9)18-7-8-3-2-6-16-12(8)17-15/h1-6H,7,15H2,(H,16,17). The van der Waals surface area contributed by atoms with Crippen LogP contribution >= 0.6 is 23.2 Å². The topological polar surface area (TPSA) is 60.2 Å². The summed E-state index contributed by atoms with van der Waals surface area (Å²) in [6, 6.07) is 8.84. The van der Waals surface area contributed by atoms with Gasteiger partial charge in [-0.3, -0.25) is 0 Å². The molecule has 0 saturated heterocycles. The minimum absolute atomic E-state index is 0.275. The number of ether oxygens (including phenoxy) is 1. The maximum Gasteiger partial charge on any atom is 0.156 e. The lowest BCUT2D eigenvalue weighted by molar-refractivity contribution is 0.307. The van der Waals surface area contributed by atoms with Crippen molar-refractivity contribution in [1.82, 2.24) is 4.98 Å². The predicted octanol–water partition coefficient (Wildman–Crippen LogP) is 3.25. The van der Waals surface area contributed by atoms with Crippen LogP contribution in [0.1, 0.15) is 5.56 Å². The zero-order valence-electron chi connectivity index (χ0n) is 9.36. The number of hydrogen-bond donors (Lipinski definition) is 2. The summed E-state index contributed by atoms with van der Waals surface area (Å²) in [5.41, 5.74) is 3.32. The molecule has 3 N–H and O–H groups in total. The number of aromatic nitrogens is 1. The van der Waals surface area contributed by atoms with Crippen molar-refractivity contribution in [3.63, 3.8) is 0 Å². The van der Waals surface area contributed by atoms with Crippen LogP contribution in [0.2, 0.25) is 10.0 Å². The van der Waals surface area contributed by atoms with Crippen molar-refractivity contribution in [2.45, 2.75) is 6.61 Å². The number of benzene rings is 1. The number of nitrogens with two attached hydrogens (primary N) is 1. The van der Waals surface area contributed by atoms with Crippen LogP contribution in [0.4, 0.5) is 5.82 Å². The first-order chi connectivity index (χ1) is 8.72. The number of para-hydroxylation sites is 1. The third-order valence-electron chi connectivity index (χ3n) is 2.32. The van der Waals surface area contributed by atoms with Crippen LogP contribution in [0, 0.1) is 0 Å². The summed E-state index contributed by atoms with van der Waals surface area (Å²) in [6.45, 7) is 0.275. The van der Waals surface area contributed by atoms with Crippen LogP contribution < -0.4 is 16.0 Å². The molecule has 94 valence electrons. The van der Waals surface area contributed by atoms with Gasteiger partial charge in [0.2, 0.25) is 0 Å². The van der Waals surface area contributed by atoms with Crippen molar-refractivity contribution in [1.29, 1.82) is 0 Å². The summed E-state index contributed by atoms with van der Waals surface area (Å²) in [6.07, 6.45) is 1.64. The van der Waals surface area contributed by atoms with Gasteiger partial charge in [-0.15, -0.1) is 0 Å². The molecule has 0 aliphatic rings. The molecule has 0 unspecified atom stereocenters. The summed E-state index contributed by atoms with van der Waals surface area (Å²) in [5.74, 6) is 6.37. The molecule has 1 aromatic heterocycles. The second kappa shape index (κ2) is 5.91. The van der Waals surface area contributed by atoms with E-state index in [0.717, 1.165) is 5.56 Å². The average molecular weight is 284 g/mol. The Labute approximate surface area is 115 Å². The fourth-order valence-electron chi connectivity index (χ4n) is 1.46. The number of hydrogen-bond acceptors (Lipinski definition) is 4. The minimum Gasteiger partial charge on any atom is -0.486 e. The summed E-state index contributed by atoms with van der Waals surface area (Å²) >= 11 is 12.0. The maximum absolute atomic E-state index is 6.00. The molecule has 0 radical (unpaired) electrons. The smallest absolute Gasteiger partial charge is 0.156 e. The van der Waals surface area contributed by atoms with Crippen LogP contribution in [-0.2, 0) is 6.61 Å². The van der Waals surface area contributed by atoms with Gasteiger partial charge in [0.05, 0.1) is 10.0 Å². The Kier molecular flexibility index (Phi) is 4.25. The average Bonchev–Trinajstić information content (AvgIpc) is 2.38. The molecule has 1 heterocycles. The second-order valence-corrected chi connectivity index (χ2v) is 4.31. The fourth-order valence-corrected chi connectivity index (χ4v) is 1.96. The molecule has 6 heteroatoms. The van der Waals surface area contributed by atoms with E-state index in [4.69, 9.17) is 33.8 Å². The molecule has 0 aliphatic heterocycles. The normalized spacial score (nSPS) is 10.2. The van der Waals surface area contributed by atoms with E-state index in [1.165, 1.54) is 0 Å². The van der Waals surface area contributed by atoms with Gasteiger partial charge in [-0.1, -0.05) is 35.3 Å². The van der Waals surface area contributed by atoms with Crippen LogP contribution in [0.5, 0.6) is 5.75 Å². The highest BCUT2D eigenvalue weighted by Crippen LogP contribution is 2.33. The summed E-state index contributed by atoms with van der Waals surface area (Å²) in [4.78, 5) is 4.07. The van der Waals surface area contributed by atoms with E-state index in [1.807, 2.05) is 6.07 Å². The van der Waals surface area contributed by atoms with Crippen LogP contribution in [0.25, 0.3) is 0 Å². The number of rotatable bonds is 4. The van der Waals surface area contributed by atoms with E-state index in [-0.39, 0.29) is 6.61 Å². The molecule has 0 saturated carbocycles. The van der Waals surface area contributed by atoms with Crippen molar-refractivity contribution >= 4 is 29.0 Å². The van der Waals surface area contributed by atoms with E-state index in [9.17, 15) is 0 Å². The summed E-state index contributed by atoms with van der Waals surface area (Å²) in [5, 5.41) is 0.933. The lowest BCUT2D eigenvalue weighted by Crippen LogP contribution is -2.12. The molecule has 2 aromatic rings. The highest BCUT2D eigenvalue weighted by Gasteiger charge is 2.08. The van der Waals surface area contributed by atoms with E-state index in [2.05, 4.69) is 10.4 Å². The van der Waals surface area contributed by atoms with Gasteiger partial charge in [0.25, 0.3) is 0 Å². The van der Waals surface area contributed by atoms with Gasteiger partial charge in [0.15, 0.2) is 5.75 Å². The number of anilines is 1. The first-order valence-corrected chi connectivity index (χ1v) is 5.95. The van der Waals surface area contributed by atoms with Gasteiger partial charge in [-0.25, -0.2) is 10.8 Å². The van der Waals surface area contributed by atoms with Crippen molar-refractivity contribution in [3.8, 4) is 5.75 Å². The van der Waals surface area contributed by atoms with Crippen molar-refractivity contribution in [2.24, 2.45) is 5.84 Å². The SMILES string of the molecule is NNc1ncccc1COc1c(Cl)cccc1Cl. The highest BCUT2D eigenvalue weighted by atomic mass is 35.5. The highest BCUT2D eigenvalue weighted by molar-refractivity contribution is 6.37. The molecule has 0 fully saturated rings. The minimum atomic E-state index is 0.275. The lowest BCUT2D eigenvalue weighted by atomic mass is 10.2. The van der Waals surface area contributed by atoms with Gasteiger partial charge < -0.3 is 10.2 Å². The number of nitrogen functional groups attached to an aromatic ring is 1. The monoisotopic (exact) mass is 283 g/mol. The largest absolute Gasteiger partial charge is 0.486 e. The van der Waals surface area contributed by atoms with Crippen molar-refractivity contribution < 1.29 is 4.74 Å². The van der Waals surface area contributed by atoms with Crippen LogP contribution in [0.3, 0.4) is 0 Å². The van der Waals surface area contributed by atoms with Gasteiger partial charge >= 0.3 is 0 Å². The Morgan fingerprint density at radius 1 is 1.17 bits per heavy atom. The molecule has 0 amide bonds. The molecular formula is C12H11Cl2N3O. The molecule has 2 rings (SSSR count). The summed E-state index contributed by atoms with van der Waals surface area (Å²) < 4.78 is 5.60. The first kappa shape index (κ1) is 13.0. The number of nitrogens with one attached hydrogen (secondary N) is 1. The lowest BCUT2D eigenvalue weighted by Gasteiger charge is -2.11. The Morgan fingerprint density at radius 2 is 1.89 bits per heavy atom. The molecule has 1 aromatic carbocycles. The molecule has 0 atom stereocenters. The quantitative estimate of drug-likeness (QED) is 0.668. The third-order valence-corrected chi connectivity index (χ3v) is 2.91. The molecule has 0 spiro atoms. The van der Waals surface area contributed by atoms with E-state index < -0.39 is 0 Å². The third kappa shape index (κ3) is 2.85. The Hall–Kier alpha value is -1.49. The first-order valence-electron chi connectivity index (χ1n) is 5.19. The van der Waals surface area contributed by atoms with Crippen molar-refractivity contribution in [3.05, 3.63) is 52.1 Å². The summed E-state index contributed by atoms with van der Waals surface area (Å²) in [7, 11) is 0.